The highest BCUT2D eigenvalue weighted by Gasteiger charge is 2.37. The highest BCUT2D eigenvalue weighted by Crippen LogP contribution is 2.35. The summed E-state index contributed by atoms with van der Waals surface area (Å²) in [6.45, 7) is 8.79. The summed E-state index contributed by atoms with van der Waals surface area (Å²) in [5, 5.41) is 0. The Labute approximate surface area is 86.6 Å². The molecule has 2 saturated heterocycles. The number of hydrogen-bond acceptors (Lipinski definition) is 3. The molecule has 0 aliphatic carbocycles. The SMILES string of the molecule is CCC1(CCN2CC(CN)C2)COC1. The molecule has 0 amide bonds. The fraction of sp³-hybridized carbons (Fsp3) is 1.00. The molecule has 2 rings (SSSR count). The van der Waals surface area contributed by atoms with E-state index in [-0.39, 0.29) is 0 Å². The van der Waals surface area contributed by atoms with E-state index in [1.54, 1.807) is 0 Å². The van der Waals surface area contributed by atoms with Crippen LogP contribution in [0, 0.1) is 11.3 Å². The Morgan fingerprint density at radius 2 is 2.14 bits per heavy atom. The number of hydrogen-bond donors (Lipinski definition) is 1. The van der Waals surface area contributed by atoms with E-state index in [1.807, 2.05) is 0 Å². The summed E-state index contributed by atoms with van der Waals surface area (Å²) < 4.78 is 5.32. The van der Waals surface area contributed by atoms with Crippen molar-refractivity contribution in [1.82, 2.24) is 4.90 Å². The summed E-state index contributed by atoms with van der Waals surface area (Å²) in [6, 6.07) is 0. The van der Waals surface area contributed by atoms with Gasteiger partial charge < -0.3 is 15.4 Å². The predicted molar refractivity (Wildman–Crippen MR) is 57.1 cm³/mol. The lowest BCUT2D eigenvalue weighted by Gasteiger charge is -2.45. The van der Waals surface area contributed by atoms with Crippen LogP contribution in [0.1, 0.15) is 19.8 Å². The Kier molecular flexibility index (Phi) is 3.10. The van der Waals surface area contributed by atoms with Gasteiger partial charge in [-0.1, -0.05) is 6.92 Å². The molecule has 0 radical (unpaired) electrons. The fourth-order valence-corrected chi connectivity index (χ4v) is 2.32. The third-order valence-electron chi connectivity index (χ3n) is 3.89. The second-order valence-electron chi connectivity index (χ2n) is 4.96. The van der Waals surface area contributed by atoms with Crippen molar-refractivity contribution < 1.29 is 4.74 Å². The largest absolute Gasteiger partial charge is 0.380 e. The molecule has 2 N–H and O–H groups in total. The van der Waals surface area contributed by atoms with E-state index in [0.29, 0.717) is 5.41 Å². The van der Waals surface area contributed by atoms with Gasteiger partial charge >= 0.3 is 0 Å². The molecule has 0 aromatic rings. The Morgan fingerprint density at radius 1 is 1.43 bits per heavy atom. The van der Waals surface area contributed by atoms with Crippen molar-refractivity contribution in [3.63, 3.8) is 0 Å². The molecular formula is C11H22N2O. The van der Waals surface area contributed by atoms with E-state index in [4.69, 9.17) is 10.5 Å². The third-order valence-corrected chi connectivity index (χ3v) is 3.89. The van der Waals surface area contributed by atoms with Crippen LogP contribution in [-0.2, 0) is 4.74 Å². The molecule has 0 spiro atoms. The molecule has 0 saturated carbocycles. The van der Waals surface area contributed by atoms with Gasteiger partial charge in [-0.2, -0.15) is 0 Å². The van der Waals surface area contributed by atoms with Crippen molar-refractivity contribution in [2.24, 2.45) is 17.1 Å². The first kappa shape index (κ1) is 10.4. The molecule has 82 valence electrons. The summed E-state index contributed by atoms with van der Waals surface area (Å²) in [5.41, 5.74) is 6.12. The highest BCUT2D eigenvalue weighted by atomic mass is 16.5. The van der Waals surface area contributed by atoms with Crippen molar-refractivity contribution >= 4 is 0 Å². The first-order chi connectivity index (χ1) is 6.78. The summed E-state index contributed by atoms with van der Waals surface area (Å²) >= 11 is 0. The van der Waals surface area contributed by atoms with Gasteiger partial charge in [-0.3, -0.25) is 0 Å². The second kappa shape index (κ2) is 4.17. The Bertz CT molecular complexity index is 180. The molecule has 2 heterocycles. The van der Waals surface area contributed by atoms with E-state index in [9.17, 15) is 0 Å². The zero-order valence-electron chi connectivity index (χ0n) is 9.17. The average molecular weight is 198 g/mol. The Balaban J connectivity index is 1.63. The van der Waals surface area contributed by atoms with E-state index in [1.165, 1.54) is 32.5 Å². The maximum atomic E-state index is 5.59. The van der Waals surface area contributed by atoms with Crippen molar-refractivity contribution in [1.29, 1.82) is 0 Å². The molecule has 0 unspecified atom stereocenters. The smallest absolute Gasteiger partial charge is 0.0545 e. The fourth-order valence-electron chi connectivity index (χ4n) is 2.32. The second-order valence-corrected chi connectivity index (χ2v) is 4.96. The van der Waals surface area contributed by atoms with Crippen LogP contribution in [0.4, 0.5) is 0 Å². The van der Waals surface area contributed by atoms with Crippen LogP contribution in [0.2, 0.25) is 0 Å². The van der Waals surface area contributed by atoms with Crippen LogP contribution in [0.3, 0.4) is 0 Å². The third kappa shape index (κ3) is 1.95. The first-order valence-corrected chi connectivity index (χ1v) is 5.78. The summed E-state index contributed by atoms with van der Waals surface area (Å²) in [6.07, 6.45) is 2.57. The molecule has 3 heteroatoms. The molecule has 2 fully saturated rings. The van der Waals surface area contributed by atoms with Crippen LogP contribution in [0.15, 0.2) is 0 Å². The van der Waals surface area contributed by atoms with Crippen molar-refractivity contribution in [2.75, 3.05) is 39.4 Å². The normalized spacial score (nSPS) is 27.0. The van der Waals surface area contributed by atoms with Crippen LogP contribution in [0.25, 0.3) is 0 Å². The molecule has 2 aliphatic rings. The van der Waals surface area contributed by atoms with Gasteiger partial charge in [-0.25, -0.2) is 0 Å². The zero-order valence-corrected chi connectivity index (χ0v) is 9.17. The van der Waals surface area contributed by atoms with Crippen molar-refractivity contribution in [3.05, 3.63) is 0 Å². The van der Waals surface area contributed by atoms with Crippen LogP contribution >= 0.6 is 0 Å². The van der Waals surface area contributed by atoms with Crippen LogP contribution in [-0.4, -0.2) is 44.3 Å². The lowest BCUT2D eigenvalue weighted by atomic mass is 9.79. The lowest BCUT2D eigenvalue weighted by molar-refractivity contribution is -0.124. The average Bonchev–Trinajstić information content (AvgIpc) is 2.06. The van der Waals surface area contributed by atoms with E-state index >= 15 is 0 Å². The number of nitrogens with zero attached hydrogens (tertiary/aromatic N) is 1. The van der Waals surface area contributed by atoms with Crippen molar-refractivity contribution in [3.8, 4) is 0 Å². The van der Waals surface area contributed by atoms with Crippen LogP contribution < -0.4 is 5.73 Å². The van der Waals surface area contributed by atoms with Gasteiger partial charge in [0, 0.05) is 18.5 Å². The Hall–Kier alpha value is -0.120. The molecule has 0 bridgehead atoms. The number of rotatable bonds is 5. The molecule has 0 aromatic heterocycles. The quantitative estimate of drug-likeness (QED) is 0.706. The Morgan fingerprint density at radius 3 is 2.57 bits per heavy atom. The lowest BCUT2D eigenvalue weighted by Crippen LogP contribution is -2.52. The predicted octanol–water partition coefficient (Wildman–Crippen LogP) is 0.694. The molecular weight excluding hydrogens is 176 g/mol. The minimum Gasteiger partial charge on any atom is -0.380 e. The highest BCUT2D eigenvalue weighted by molar-refractivity contribution is 4.87. The first-order valence-electron chi connectivity index (χ1n) is 5.78. The van der Waals surface area contributed by atoms with Crippen LogP contribution in [0.5, 0.6) is 0 Å². The maximum Gasteiger partial charge on any atom is 0.0545 e. The summed E-state index contributed by atoms with van der Waals surface area (Å²) in [5.74, 6) is 0.769. The van der Waals surface area contributed by atoms with E-state index in [2.05, 4.69) is 11.8 Å². The van der Waals surface area contributed by atoms with Gasteiger partial charge in [0.1, 0.15) is 0 Å². The standard InChI is InChI=1S/C11H22N2O/c1-2-11(8-14-9-11)3-4-13-6-10(5-12)7-13/h10H,2-9,12H2,1H3. The number of likely N-dealkylation sites (tertiary alicyclic amines) is 1. The molecule has 3 nitrogen and oxygen atoms in total. The molecule has 0 aromatic carbocycles. The van der Waals surface area contributed by atoms with E-state index < -0.39 is 0 Å². The van der Waals surface area contributed by atoms with Gasteiger partial charge in [-0.15, -0.1) is 0 Å². The van der Waals surface area contributed by atoms with Crippen molar-refractivity contribution in [2.45, 2.75) is 19.8 Å². The van der Waals surface area contributed by atoms with Gasteiger partial charge in [0.15, 0.2) is 0 Å². The monoisotopic (exact) mass is 198 g/mol. The minimum atomic E-state index is 0.522. The zero-order chi connectivity index (χ0) is 10.0. The van der Waals surface area contributed by atoms with E-state index in [0.717, 1.165) is 25.7 Å². The maximum absolute atomic E-state index is 5.59. The summed E-state index contributed by atoms with van der Waals surface area (Å²) in [7, 11) is 0. The topological polar surface area (TPSA) is 38.5 Å². The van der Waals surface area contributed by atoms with Gasteiger partial charge in [-0.05, 0) is 31.8 Å². The molecule has 0 atom stereocenters. The molecule has 2 aliphatic heterocycles. The minimum absolute atomic E-state index is 0.522. The number of ether oxygens (including phenoxy) is 1. The summed E-state index contributed by atoms with van der Waals surface area (Å²) in [4.78, 5) is 2.52. The van der Waals surface area contributed by atoms with Gasteiger partial charge in [0.05, 0.1) is 13.2 Å². The van der Waals surface area contributed by atoms with Gasteiger partial charge in [0.2, 0.25) is 0 Å². The van der Waals surface area contributed by atoms with Gasteiger partial charge in [0.25, 0.3) is 0 Å². The molecule has 14 heavy (non-hydrogen) atoms. The number of nitrogens with two attached hydrogens (primary N) is 1.